The molecule has 2 aliphatic rings. The Hall–Kier alpha value is -2.09. The quantitative estimate of drug-likeness (QED) is 0.812. The van der Waals surface area contributed by atoms with E-state index in [1.165, 1.54) is 6.20 Å². The second-order valence-electron chi connectivity index (χ2n) is 6.25. The van der Waals surface area contributed by atoms with Gasteiger partial charge in [-0.25, -0.2) is 9.97 Å². The van der Waals surface area contributed by atoms with E-state index in [4.69, 9.17) is 0 Å². The van der Waals surface area contributed by atoms with E-state index in [1.807, 2.05) is 0 Å². The van der Waals surface area contributed by atoms with Crippen LogP contribution in [0.2, 0.25) is 0 Å². The van der Waals surface area contributed by atoms with Crippen molar-refractivity contribution in [2.75, 3.05) is 18.4 Å². The van der Waals surface area contributed by atoms with E-state index in [0.29, 0.717) is 5.56 Å². The fraction of sp³-hybridized carbons (Fsp3) is 0.467. The van der Waals surface area contributed by atoms with Crippen LogP contribution in [0.3, 0.4) is 0 Å². The van der Waals surface area contributed by atoms with Gasteiger partial charge < -0.3 is 15.6 Å². The van der Waals surface area contributed by atoms with E-state index in [2.05, 4.69) is 25.6 Å². The van der Waals surface area contributed by atoms with Crippen LogP contribution in [0, 0.1) is 5.41 Å². The lowest BCUT2D eigenvalue weighted by Crippen LogP contribution is -2.67. The number of H-pyrrole nitrogens is 1. The molecule has 0 radical (unpaired) electrons. The minimum Gasteiger partial charge on any atom is -0.367 e. The zero-order chi connectivity index (χ0) is 16.1. The van der Waals surface area contributed by atoms with Crippen molar-refractivity contribution in [2.24, 2.45) is 5.41 Å². The highest BCUT2D eigenvalue weighted by molar-refractivity contribution is 5.64. The first-order chi connectivity index (χ1) is 11.0. The first-order valence-corrected chi connectivity index (χ1v) is 7.53. The summed E-state index contributed by atoms with van der Waals surface area (Å²) < 4.78 is 39.5. The van der Waals surface area contributed by atoms with Crippen LogP contribution in [-0.2, 0) is 6.18 Å². The summed E-state index contributed by atoms with van der Waals surface area (Å²) in [6, 6.07) is 1.79. The Kier molecular flexibility index (Phi) is 3.12. The standard InChI is InChI=1S/C15H16F3N5/c16-15(17,18)10-6-21-13(23-12(10)9-2-4-19-5-9)22-11-1-3-14(11)7-20-8-14/h2,4-6,11,19-20H,1,3,7-8H2,(H,21,22,23)/t11-/m1/s1. The van der Waals surface area contributed by atoms with Crippen molar-refractivity contribution in [3.63, 3.8) is 0 Å². The van der Waals surface area contributed by atoms with E-state index >= 15 is 0 Å². The Morgan fingerprint density at radius 1 is 1.30 bits per heavy atom. The number of aromatic nitrogens is 3. The molecule has 0 bridgehead atoms. The number of hydrogen-bond acceptors (Lipinski definition) is 4. The third kappa shape index (κ3) is 2.37. The first-order valence-electron chi connectivity index (χ1n) is 7.53. The van der Waals surface area contributed by atoms with E-state index < -0.39 is 11.7 Å². The van der Waals surface area contributed by atoms with E-state index in [-0.39, 0.29) is 23.1 Å². The van der Waals surface area contributed by atoms with Gasteiger partial charge in [0.15, 0.2) is 0 Å². The average Bonchev–Trinajstić information content (AvgIpc) is 2.94. The molecule has 4 rings (SSSR count). The summed E-state index contributed by atoms with van der Waals surface area (Å²) in [5.74, 6) is 0.255. The van der Waals surface area contributed by atoms with Crippen molar-refractivity contribution in [1.29, 1.82) is 0 Å². The molecular formula is C15H16F3N5. The van der Waals surface area contributed by atoms with Crippen molar-refractivity contribution >= 4 is 5.95 Å². The number of nitrogens with one attached hydrogen (secondary N) is 3. The average molecular weight is 323 g/mol. The summed E-state index contributed by atoms with van der Waals surface area (Å²) in [6.07, 6.45) is 1.57. The number of nitrogens with zero attached hydrogens (tertiary/aromatic N) is 2. The number of rotatable bonds is 3. The predicted molar refractivity (Wildman–Crippen MR) is 78.8 cm³/mol. The predicted octanol–water partition coefficient (Wildman–Crippen LogP) is 2.65. The van der Waals surface area contributed by atoms with Crippen LogP contribution in [0.4, 0.5) is 19.1 Å². The third-order valence-electron chi connectivity index (χ3n) is 4.89. The monoisotopic (exact) mass is 323 g/mol. The second-order valence-corrected chi connectivity index (χ2v) is 6.25. The van der Waals surface area contributed by atoms with Crippen LogP contribution in [0.15, 0.2) is 24.7 Å². The highest BCUT2D eigenvalue weighted by Crippen LogP contribution is 2.45. The Morgan fingerprint density at radius 2 is 2.13 bits per heavy atom. The van der Waals surface area contributed by atoms with Gasteiger partial charge in [0.25, 0.3) is 0 Å². The van der Waals surface area contributed by atoms with Gasteiger partial charge in [-0.1, -0.05) is 0 Å². The van der Waals surface area contributed by atoms with Crippen molar-refractivity contribution in [2.45, 2.75) is 25.1 Å². The summed E-state index contributed by atoms with van der Waals surface area (Å²) in [5.41, 5.74) is -0.302. The largest absolute Gasteiger partial charge is 0.419 e. The topological polar surface area (TPSA) is 65.6 Å². The molecule has 5 nitrogen and oxygen atoms in total. The van der Waals surface area contributed by atoms with Crippen LogP contribution in [-0.4, -0.2) is 34.1 Å². The first kappa shape index (κ1) is 14.5. The molecule has 1 saturated carbocycles. The number of anilines is 1. The van der Waals surface area contributed by atoms with Crippen molar-refractivity contribution in [1.82, 2.24) is 20.3 Å². The molecule has 1 aliphatic carbocycles. The highest BCUT2D eigenvalue weighted by atomic mass is 19.4. The number of alkyl halides is 3. The molecule has 0 unspecified atom stereocenters. The molecule has 23 heavy (non-hydrogen) atoms. The van der Waals surface area contributed by atoms with Crippen molar-refractivity contribution in [3.05, 3.63) is 30.2 Å². The molecular weight excluding hydrogens is 307 g/mol. The molecule has 3 heterocycles. The lowest BCUT2D eigenvalue weighted by Gasteiger charge is -2.56. The van der Waals surface area contributed by atoms with Gasteiger partial charge in [0.1, 0.15) is 5.56 Å². The summed E-state index contributed by atoms with van der Waals surface area (Å²) >= 11 is 0. The number of hydrogen-bond donors (Lipinski definition) is 3. The van der Waals surface area contributed by atoms with Gasteiger partial charge in [-0.2, -0.15) is 13.2 Å². The zero-order valence-corrected chi connectivity index (χ0v) is 12.2. The van der Waals surface area contributed by atoms with Gasteiger partial charge in [0.2, 0.25) is 5.95 Å². The molecule has 0 aromatic carbocycles. The van der Waals surface area contributed by atoms with Gasteiger partial charge in [-0.15, -0.1) is 0 Å². The fourth-order valence-electron chi connectivity index (χ4n) is 3.30. The van der Waals surface area contributed by atoms with Crippen LogP contribution in [0.25, 0.3) is 11.3 Å². The summed E-state index contributed by atoms with van der Waals surface area (Å²) in [4.78, 5) is 10.8. The zero-order valence-electron chi connectivity index (χ0n) is 12.2. The minimum absolute atomic E-state index is 0.101. The molecule has 1 spiro atoms. The van der Waals surface area contributed by atoms with Crippen molar-refractivity contribution < 1.29 is 13.2 Å². The van der Waals surface area contributed by atoms with Crippen LogP contribution >= 0.6 is 0 Å². The van der Waals surface area contributed by atoms with Crippen LogP contribution in [0.1, 0.15) is 18.4 Å². The SMILES string of the molecule is FC(F)(F)c1cnc(N[C@@H]2CCC23CNC3)nc1-c1cc[nH]c1. The number of halogens is 3. The van der Waals surface area contributed by atoms with Gasteiger partial charge in [-0.3, -0.25) is 0 Å². The summed E-state index contributed by atoms with van der Waals surface area (Å²) in [6.45, 7) is 1.88. The van der Waals surface area contributed by atoms with E-state index in [0.717, 1.165) is 32.1 Å². The maximum atomic E-state index is 13.2. The molecule has 8 heteroatoms. The third-order valence-corrected chi connectivity index (χ3v) is 4.89. The molecule has 0 amide bonds. The van der Waals surface area contributed by atoms with E-state index in [1.54, 1.807) is 12.3 Å². The molecule has 3 N–H and O–H groups in total. The second kappa shape index (κ2) is 4.95. The van der Waals surface area contributed by atoms with Gasteiger partial charge in [-0.05, 0) is 18.9 Å². The Bertz CT molecular complexity index is 701. The maximum absolute atomic E-state index is 13.2. The Labute approximate surface area is 130 Å². The lowest BCUT2D eigenvalue weighted by molar-refractivity contribution is -0.137. The maximum Gasteiger partial charge on any atom is 0.419 e. The summed E-state index contributed by atoms with van der Waals surface area (Å²) in [7, 11) is 0. The molecule has 1 saturated heterocycles. The molecule has 122 valence electrons. The normalized spacial score (nSPS) is 22.5. The van der Waals surface area contributed by atoms with Gasteiger partial charge in [0.05, 0.1) is 5.69 Å². The highest BCUT2D eigenvalue weighted by Gasteiger charge is 2.51. The molecule has 2 fully saturated rings. The Balaban J connectivity index is 1.65. The van der Waals surface area contributed by atoms with Crippen LogP contribution < -0.4 is 10.6 Å². The van der Waals surface area contributed by atoms with Gasteiger partial charge >= 0.3 is 6.18 Å². The smallest absolute Gasteiger partial charge is 0.367 e. The number of aromatic amines is 1. The van der Waals surface area contributed by atoms with Gasteiger partial charge in [0, 0.05) is 48.7 Å². The molecule has 2 aromatic rings. The lowest BCUT2D eigenvalue weighted by atomic mass is 9.60. The van der Waals surface area contributed by atoms with E-state index in [9.17, 15) is 13.2 Å². The van der Waals surface area contributed by atoms with Crippen LogP contribution in [0.5, 0.6) is 0 Å². The molecule has 2 aromatic heterocycles. The fourth-order valence-corrected chi connectivity index (χ4v) is 3.30. The van der Waals surface area contributed by atoms with Crippen molar-refractivity contribution in [3.8, 4) is 11.3 Å². The molecule has 1 aliphatic heterocycles. The Morgan fingerprint density at radius 3 is 2.65 bits per heavy atom. The molecule has 1 atom stereocenters. The minimum atomic E-state index is -4.49. The summed E-state index contributed by atoms with van der Waals surface area (Å²) in [5, 5.41) is 6.46.